The van der Waals surface area contributed by atoms with Gasteiger partial charge < -0.3 is 0 Å². The van der Waals surface area contributed by atoms with Gasteiger partial charge in [0.1, 0.15) is 0 Å². The molecule has 2 unspecified atom stereocenters. The van der Waals surface area contributed by atoms with E-state index in [0.717, 1.165) is 0 Å². The Labute approximate surface area is 96.0 Å². The highest BCUT2D eigenvalue weighted by atomic mass is 79.9. The van der Waals surface area contributed by atoms with Gasteiger partial charge in [-0.3, -0.25) is 0 Å². The van der Waals surface area contributed by atoms with Crippen molar-refractivity contribution in [1.29, 1.82) is 0 Å². The minimum absolute atomic E-state index is 0.254. The van der Waals surface area contributed by atoms with E-state index < -0.39 is 0 Å². The van der Waals surface area contributed by atoms with Crippen molar-refractivity contribution >= 4 is 31.9 Å². The molecule has 2 rings (SSSR count). The zero-order chi connectivity index (χ0) is 9.64. The number of fused-ring (bicyclic) bond motifs is 1. The molecule has 2 heteroatoms. The molecule has 0 N–H and O–H groups in total. The van der Waals surface area contributed by atoms with Crippen LogP contribution in [0.4, 0.5) is 0 Å². The lowest BCUT2D eigenvalue weighted by Gasteiger charge is -2.26. The van der Waals surface area contributed by atoms with Gasteiger partial charge in [0.05, 0.1) is 0 Å². The fraction of sp³-hybridized carbons (Fsp3) is 0.455. The molecule has 0 aliphatic heterocycles. The summed E-state index contributed by atoms with van der Waals surface area (Å²) in [4.78, 5) is 0.918. The molecule has 1 aromatic carbocycles. The van der Waals surface area contributed by atoms with E-state index in [9.17, 15) is 0 Å². The molecular formula is C11H12Br2. The number of alkyl halides is 2. The van der Waals surface area contributed by atoms with Gasteiger partial charge in [0.25, 0.3) is 0 Å². The molecule has 0 fully saturated rings. The summed E-state index contributed by atoms with van der Waals surface area (Å²) in [5, 5.41) is 0. The Morgan fingerprint density at radius 3 is 1.77 bits per heavy atom. The molecule has 0 saturated heterocycles. The van der Waals surface area contributed by atoms with Crippen LogP contribution in [0.2, 0.25) is 0 Å². The summed E-state index contributed by atoms with van der Waals surface area (Å²) in [5.41, 5.74) is 3.10. The second-order valence-corrected chi connectivity index (χ2v) is 6.01. The Bertz CT molecular complexity index is 300. The summed E-state index contributed by atoms with van der Waals surface area (Å²) in [6.45, 7) is 4.57. The summed E-state index contributed by atoms with van der Waals surface area (Å²) < 4.78 is 0. The van der Waals surface area contributed by atoms with Gasteiger partial charge in [-0.2, -0.15) is 0 Å². The van der Waals surface area contributed by atoms with E-state index >= 15 is 0 Å². The van der Waals surface area contributed by atoms with Crippen molar-refractivity contribution in [2.24, 2.45) is 5.41 Å². The molecule has 0 heterocycles. The zero-order valence-corrected chi connectivity index (χ0v) is 10.9. The van der Waals surface area contributed by atoms with E-state index in [-0.39, 0.29) is 5.41 Å². The number of hydrogen-bond acceptors (Lipinski definition) is 0. The summed E-state index contributed by atoms with van der Waals surface area (Å²) in [7, 11) is 0. The summed E-state index contributed by atoms with van der Waals surface area (Å²) in [6, 6.07) is 8.62. The average molecular weight is 304 g/mol. The molecule has 0 radical (unpaired) electrons. The van der Waals surface area contributed by atoms with Crippen LogP contribution in [0.25, 0.3) is 0 Å². The number of benzene rings is 1. The van der Waals surface area contributed by atoms with Gasteiger partial charge in [0.15, 0.2) is 0 Å². The Morgan fingerprint density at radius 2 is 1.38 bits per heavy atom. The Balaban J connectivity index is 2.57. The Morgan fingerprint density at radius 1 is 1.00 bits per heavy atom. The molecule has 1 aromatic rings. The maximum Gasteiger partial charge on any atom is 0.0463 e. The van der Waals surface area contributed by atoms with Crippen LogP contribution in [-0.4, -0.2) is 0 Å². The van der Waals surface area contributed by atoms with E-state index in [0.29, 0.717) is 9.65 Å². The highest BCUT2D eigenvalue weighted by molar-refractivity contribution is 9.10. The number of halogens is 2. The van der Waals surface area contributed by atoms with Crippen LogP contribution >= 0.6 is 31.9 Å². The quantitative estimate of drug-likeness (QED) is 0.615. The molecule has 13 heavy (non-hydrogen) atoms. The predicted octanol–water partition coefficient (Wildman–Crippen LogP) is 4.60. The smallest absolute Gasteiger partial charge is 0.0463 e. The third-order valence-corrected chi connectivity index (χ3v) is 6.20. The molecule has 0 spiro atoms. The van der Waals surface area contributed by atoms with Gasteiger partial charge in [-0.05, 0) is 16.5 Å². The Hall–Kier alpha value is 0.180. The summed E-state index contributed by atoms with van der Waals surface area (Å²) in [6.07, 6.45) is 0. The van der Waals surface area contributed by atoms with E-state index in [1.54, 1.807) is 0 Å². The lowest BCUT2D eigenvalue weighted by Crippen LogP contribution is -2.14. The minimum Gasteiger partial charge on any atom is -0.0832 e. The van der Waals surface area contributed by atoms with Gasteiger partial charge in [0, 0.05) is 9.65 Å². The molecule has 0 saturated carbocycles. The van der Waals surface area contributed by atoms with Crippen LogP contribution in [0.5, 0.6) is 0 Å². The van der Waals surface area contributed by atoms with Crippen molar-refractivity contribution in [3.63, 3.8) is 0 Å². The minimum atomic E-state index is 0.254. The molecule has 0 amide bonds. The monoisotopic (exact) mass is 302 g/mol. The van der Waals surface area contributed by atoms with E-state index in [1.165, 1.54) is 11.1 Å². The fourth-order valence-electron chi connectivity index (χ4n) is 1.90. The predicted molar refractivity (Wildman–Crippen MR) is 63.6 cm³/mol. The molecule has 1 aliphatic carbocycles. The molecule has 0 bridgehead atoms. The second-order valence-electron chi connectivity index (χ2n) is 4.18. The first kappa shape index (κ1) is 9.72. The van der Waals surface area contributed by atoms with Gasteiger partial charge >= 0.3 is 0 Å². The number of hydrogen-bond donors (Lipinski definition) is 0. The highest BCUT2D eigenvalue weighted by Crippen LogP contribution is 2.60. The highest BCUT2D eigenvalue weighted by Gasteiger charge is 2.44. The normalized spacial score (nSPS) is 30.2. The van der Waals surface area contributed by atoms with Crippen LogP contribution in [0.3, 0.4) is 0 Å². The van der Waals surface area contributed by atoms with Crippen LogP contribution in [0.15, 0.2) is 24.3 Å². The second kappa shape index (κ2) is 3.09. The van der Waals surface area contributed by atoms with Gasteiger partial charge in [-0.1, -0.05) is 70.0 Å². The lowest BCUT2D eigenvalue weighted by molar-refractivity contribution is 0.386. The van der Waals surface area contributed by atoms with Gasteiger partial charge in [-0.25, -0.2) is 0 Å². The average Bonchev–Trinajstić information content (AvgIpc) is 2.30. The molecule has 0 nitrogen and oxygen atoms in total. The van der Waals surface area contributed by atoms with Gasteiger partial charge in [0.2, 0.25) is 0 Å². The number of rotatable bonds is 0. The Kier molecular flexibility index (Phi) is 2.31. The first-order chi connectivity index (χ1) is 6.05. The van der Waals surface area contributed by atoms with Crippen molar-refractivity contribution in [2.45, 2.75) is 23.5 Å². The van der Waals surface area contributed by atoms with Crippen LogP contribution < -0.4 is 0 Å². The molecule has 70 valence electrons. The fourth-order valence-corrected chi connectivity index (χ4v) is 3.62. The zero-order valence-electron chi connectivity index (χ0n) is 7.72. The summed E-state index contributed by atoms with van der Waals surface area (Å²) >= 11 is 7.54. The molecular weight excluding hydrogens is 292 g/mol. The lowest BCUT2D eigenvalue weighted by atomic mass is 9.90. The van der Waals surface area contributed by atoms with Crippen molar-refractivity contribution in [3.05, 3.63) is 35.4 Å². The van der Waals surface area contributed by atoms with Gasteiger partial charge in [-0.15, -0.1) is 0 Å². The first-order valence-corrected chi connectivity index (χ1v) is 6.25. The van der Waals surface area contributed by atoms with E-state index in [1.807, 2.05) is 0 Å². The van der Waals surface area contributed by atoms with Crippen molar-refractivity contribution in [1.82, 2.24) is 0 Å². The third kappa shape index (κ3) is 1.30. The van der Waals surface area contributed by atoms with E-state index in [2.05, 4.69) is 70.0 Å². The third-order valence-electron chi connectivity index (χ3n) is 2.85. The van der Waals surface area contributed by atoms with E-state index in [4.69, 9.17) is 0 Å². The molecule has 0 aromatic heterocycles. The topological polar surface area (TPSA) is 0 Å². The summed E-state index contributed by atoms with van der Waals surface area (Å²) in [5.74, 6) is 0. The standard InChI is InChI=1S/C11H12Br2/c1-11(2)9(12)7-5-3-4-6-8(7)10(11)13/h3-6,9-10H,1-2H3. The van der Waals surface area contributed by atoms with Crippen molar-refractivity contribution in [2.75, 3.05) is 0 Å². The van der Waals surface area contributed by atoms with Crippen LogP contribution in [-0.2, 0) is 0 Å². The SMILES string of the molecule is CC1(C)C(Br)c2ccccc2C1Br. The molecule has 1 aliphatic rings. The van der Waals surface area contributed by atoms with Crippen molar-refractivity contribution in [3.8, 4) is 0 Å². The maximum atomic E-state index is 3.77. The van der Waals surface area contributed by atoms with Crippen molar-refractivity contribution < 1.29 is 0 Å². The first-order valence-electron chi connectivity index (χ1n) is 4.42. The maximum absolute atomic E-state index is 3.77. The molecule has 2 atom stereocenters. The van der Waals surface area contributed by atoms with Crippen LogP contribution in [0, 0.1) is 5.41 Å². The largest absolute Gasteiger partial charge is 0.0832 e. The van der Waals surface area contributed by atoms with Crippen LogP contribution in [0.1, 0.15) is 34.6 Å².